The van der Waals surface area contributed by atoms with Crippen LogP contribution in [0.25, 0.3) is 0 Å². The Kier molecular flexibility index (Phi) is 2.51. The molecule has 3 rings (SSSR count). The predicted octanol–water partition coefficient (Wildman–Crippen LogP) is -0.0291. The molecular weight excluding hydrogens is 228 g/mol. The molecule has 2 bridgehead atoms. The first kappa shape index (κ1) is 11.0. The molecule has 0 aromatic heterocycles. The number of nitrogens with zero attached hydrogens (tertiary/aromatic N) is 1. The summed E-state index contributed by atoms with van der Waals surface area (Å²) in [6.07, 6.45) is 4.60. The second-order valence-electron chi connectivity index (χ2n) is 5.24. The number of piperidine rings is 1. The van der Waals surface area contributed by atoms with E-state index in [9.17, 15) is 13.5 Å². The van der Waals surface area contributed by atoms with E-state index < -0.39 is 10.2 Å². The molecule has 2 aliphatic heterocycles. The van der Waals surface area contributed by atoms with Crippen molar-refractivity contribution in [2.45, 2.75) is 62.8 Å². The summed E-state index contributed by atoms with van der Waals surface area (Å²) in [6.45, 7) is 0. The molecule has 1 aliphatic carbocycles. The Morgan fingerprint density at radius 1 is 1.06 bits per heavy atom. The number of hydrogen-bond acceptors (Lipinski definition) is 3. The van der Waals surface area contributed by atoms with Crippen LogP contribution in [0.2, 0.25) is 0 Å². The van der Waals surface area contributed by atoms with Crippen molar-refractivity contribution < 1.29 is 13.5 Å². The Morgan fingerprint density at radius 3 is 2.12 bits per heavy atom. The summed E-state index contributed by atoms with van der Waals surface area (Å²) < 4.78 is 28.6. The third kappa shape index (κ3) is 1.88. The van der Waals surface area contributed by atoms with Crippen molar-refractivity contribution in [1.29, 1.82) is 0 Å². The van der Waals surface area contributed by atoms with Crippen molar-refractivity contribution in [2.75, 3.05) is 0 Å². The lowest BCUT2D eigenvalue weighted by Crippen LogP contribution is -2.52. The van der Waals surface area contributed by atoms with Gasteiger partial charge in [-0.05, 0) is 38.5 Å². The average molecular weight is 246 g/mol. The van der Waals surface area contributed by atoms with Gasteiger partial charge in [-0.3, -0.25) is 0 Å². The molecule has 2 heterocycles. The molecule has 92 valence electrons. The SMILES string of the molecule is O=S(=O)(NC1CC1)N1C2CCC1CC(O)C2. The fourth-order valence-electron chi connectivity index (χ4n) is 2.97. The number of aliphatic hydroxyl groups excluding tert-OH is 1. The van der Waals surface area contributed by atoms with Crippen LogP contribution in [0, 0.1) is 0 Å². The Bertz CT molecular complexity index is 366. The van der Waals surface area contributed by atoms with Gasteiger partial charge in [0.2, 0.25) is 0 Å². The molecule has 2 unspecified atom stereocenters. The van der Waals surface area contributed by atoms with E-state index in [2.05, 4.69) is 4.72 Å². The van der Waals surface area contributed by atoms with Gasteiger partial charge in [-0.2, -0.15) is 17.4 Å². The average Bonchev–Trinajstić information content (AvgIpc) is 2.91. The van der Waals surface area contributed by atoms with Gasteiger partial charge in [0.15, 0.2) is 0 Å². The monoisotopic (exact) mass is 246 g/mol. The van der Waals surface area contributed by atoms with Gasteiger partial charge in [-0.1, -0.05) is 0 Å². The standard InChI is InChI=1S/C10H18N2O3S/c13-10-5-8-3-4-9(6-10)12(8)16(14,15)11-7-1-2-7/h7-11,13H,1-6H2. The quantitative estimate of drug-likeness (QED) is 0.735. The Balaban J connectivity index is 1.79. The normalized spacial score (nSPS) is 40.2. The minimum absolute atomic E-state index is 0.0185. The minimum Gasteiger partial charge on any atom is -0.393 e. The van der Waals surface area contributed by atoms with Crippen LogP contribution >= 0.6 is 0 Å². The molecule has 2 atom stereocenters. The summed E-state index contributed by atoms with van der Waals surface area (Å²) in [6, 6.07) is 0.200. The summed E-state index contributed by atoms with van der Waals surface area (Å²) in [4.78, 5) is 0. The number of nitrogens with one attached hydrogen (secondary N) is 1. The van der Waals surface area contributed by atoms with Gasteiger partial charge in [0.1, 0.15) is 0 Å². The van der Waals surface area contributed by atoms with E-state index >= 15 is 0 Å². The molecule has 6 heteroatoms. The van der Waals surface area contributed by atoms with Crippen molar-refractivity contribution in [3.63, 3.8) is 0 Å². The zero-order valence-corrected chi connectivity index (χ0v) is 9.99. The van der Waals surface area contributed by atoms with Gasteiger partial charge in [0, 0.05) is 18.1 Å². The fourth-order valence-corrected chi connectivity index (χ4v) is 4.92. The van der Waals surface area contributed by atoms with Crippen LogP contribution in [0.4, 0.5) is 0 Å². The van der Waals surface area contributed by atoms with Gasteiger partial charge >= 0.3 is 0 Å². The molecule has 2 N–H and O–H groups in total. The highest BCUT2D eigenvalue weighted by atomic mass is 32.2. The van der Waals surface area contributed by atoms with Crippen molar-refractivity contribution in [3.8, 4) is 0 Å². The molecule has 3 aliphatic rings. The zero-order chi connectivity index (χ0) is 11.3. The third-order valence-electron chi connectivity index (χ3n) is 3.81. The first-order chi connectivity index (χ1) is 7.56. The van der Waals surface area contributed by atoms with Crippen molar-refractivity contribution >= 4 is 10.2 Å². The molecule has 0 aromatic rings. The molecule has 3 fully saturated rings. The zero-order valence-electron chi connectivity index (χ0n) is 9.17. The topological polar surface area (TPSA) is 69.6 Å². The molecule has 5 nitrogen and oxygen atoms in total. The molecule has 0 radical (unpaired) electrons. The van der Waals surface area contributed by atoms with E-state index in [1.54, 1.807) is 4.31 Å². The molecule has 0 spiro atoms. The van der Waals surface area contributed by atoms with Gasteiger partial charge in [-0.25, -0.2) is 0 Å². The van der Waals surface area contributed by atoms with Gasteiger partial charge < -0.3 is 5.11 Å². The second kappa shape index (κ2) is 3.66. The Morgan fingerprint density at radius 2 is 1.62 bits per heavy atom. The Labute approximate surface area is 96.0 Å². The van der Waals surface area contributed by atoms with E-state index in [-0.39, 0.29) is 24.2 Å². The molecule has 0 aromatic carbocycles. The fraction of sp³-hybridized carbons (Fsp3) is 1.00. The van der Waals surface area contributed by atoms with Crippen molar-refractivity contribution in [2.24, 2.45) is 0 Å². The summed E-state index contributed by atoms with van der Waals surface area (Å²) in [5.74, 6) is 0. The first-order valence-corrected chi connectivity index (χ1v) is 7.49. The molecule has 0 amide bonds. The van der Waals surface area contributed by atoms with E-state index in [0.717, 1.165) is 25.7 Å². The maximum atomic E-state index is 12.1. The number of fused-ring (bicyclic) bond motifs is 2. The minimum atomic E-state index is -3.31. The summed E-state index contributed by atoms with van der Waals surface area (Å²) >= 11 is 0. The number of aliphatic hydroxyl groups is 1. The molecule has 1 saturated carbocycles. The van der Waals surface area contributed by atoms with Crippen LogP contribution in [0.5, 0.6) is 0 Å². The van der Waals surface area contributed by atoms with Gasteiger partial charge in [0.05, 0.1) is 6.10 Å². The van der Waals surface area contributed by atoms with E-state index in [0.29, 0.717) is 12.8 Å². The Hall–Kier alpha value is -0.170. The maximum absolute atomic E-state index is 12.1. The van der Waals surface area contributed by atoms with Crippen LogP contribution in [0.1, 0.15) is 38.5 Å². The summed E-state index contributed by atoms with van der Waals surface area (Å²) in [5, 5.41) is 9.63. The van der Waals surface area contributed by atoms with E-state index in [1.165, 1.54) is 0 Å². The number of hydrogen-bond donors (Lipinski definition) is 2. The lowest BCUT2D eigenvalue weighted by Gasteiger charge is -2.35. The van der Waals surface area contributed by atoms with Crippen molar-refractivity contribution in [3.05, 3.63) is 0 Å². The summed E-state index contributed by atoms with van der Waals surface area (Å²) in [7, 11) is -3.31. The summed E-state index contributed by atoms with van der Waals surface area (Å²) in [5.41, 5.74) is 0. The van der Waals surface area contributed by atoms with Crippen LogP contribution in [-0.4, -0.2) is 42.1 Å². The maximum Gasteiger partial charge on any atom is 0.280 e. The highest BCUT2D eigenvalue weighted by Gasteiger charge is 2.47. The second-order valence-corrected chi connectivity index (χ2v) is 6.84. The lowest BCUT2D eigenvalue weighted by atomic mass is 10.0. The largest absolute Gasteiger partial charge is 0.393 e. The molecule has 2 saturated heterocycles. The lowest BCUT2D eigenvalue weighted by molar-refractivity contribution is 0.0763. The van der Waals surface area contributed by atoms with Crippen molar-refractivity contribution in [1.82, 2.24) is 9.03 Å². The van der Waals surface area contributed by atoms with Gasteiger partial charge in [-0.15, -0.1) is 0 Å². The number of rotatable bonds is 3. The predicted molar refractivity (Wildman–Crippen MR) is 59.0 cm³/mol. The van der Waals surface area contributed by atoms with Crippen LogP contribution in [0.3, 0.4) is 0 Å². The van der Waals surface area contributed by atoms with E-state index in [1.807, 2.05) is 0 Å². The van der Waals surface area contributed by atoms with Crippen LogP contribution in [0.15, 0.2) is 0 Å². The highest BCUT2D eigenvalue weighted by molar-refractivity contribution is 7.87. The van der Waals surface area contributed by atoms with Gasteiger partial charge in [0.25, 0.3) is 10.2 Å². The van der Waals surface area contributed by atoms with Crippen LogP contribution < -0.4 is 4.72 Å². The van der Waals surface area contributed by atoms with Crippen LogP contribution in [-0.2, 0) is 10.2 Å². The molecule has 16 heavy (non-hydrogen) atoms. The first-order valence-electron chi connectivity index (χ1n) is 6.05. The highest BCUT2D eigenvalue weighted by Crippen LogP contribution is 2.38. The molecular formula is C10H18N2O3S. The smallest absolute Gasteiger partial charge is 0.280 e. The third-order valence-corrected chi connectivity index (χ3v) is 5.59. The van der Waals surface area contributed by atoms with E-state index in [4.69, 9.17) is 0 Å².